The summed E-state index contributed by atoms with van der Waals surface area (Å²) in [6.45, 7) is 1.97. The average molecular weight is 486 g/mol. The summed E-state index contributed by atoms with van der Waals surface area (Å²) >= 11 is 6.30. The normalized spacial score (nSPS) is 11.1. The lowest BCUT2D eigenvalue weighted by Crippen LogP contribution is -2.28. The van der Waals surface area contributed by atoms with Gasteiger partial charge in [0.25, 0.3) is 5.56 Å². The van der Waals surface area contributed by atoms with Crippen molar-refractivity contribution >= 4 is 28.2 Å². The number of fused-ring (bicyclic) bond motifs is 1. The summed E-state index contributed by atoms with van der Waals surface area (Å²) < 4.78 is 6.11. The Hall–Kier alpha value is -4.23. The second-order valence-electron chi connectivity index (χ2n) is 8.09. The van der Waals surface area contributed by atoms with E-state index < -0.39 is 5.76 Å². The van der Waals surface area contributed by atoms with Crippen LogP contribution in [-0.2, 0) is 6.54 Å². The Morgan fingerprint density at radius 2 is 1.71 bits per heavy atom. The third-order valence-corrected chi connectivity index (χ3v) is 6.12. The minimum Gasteiger partial charge on any atom is -0.300 e. The molecule has 8 heteroatoms. The monoisotopic (exact) mass is 485 g/mol. The molecule has 0 aliphatic heterocycles. The van der Waals surface area contributed by atoms with Crippen LogP contribution in [0.15, 0.2) is 86.9 Å². The smallest absolute Gasteiger partial charge is 0.300 e. The molecule has 0 aliphatic carbocycles. The van der Waals surface area contributed by atoms with E-state index in [0.717, 1.165) is 11.1 Å². The molecule has 2 aromatic heterocycles. The number of carbonyl (C=O) groups excluding carboxylic acids is 1. The zero-order chi connectivity index (χ0) is 24.5. The number of aromatic nitrogens is 3. The molecule has 0 fully saturated rings. The molecule has 2 heterocycles. The van der Waals surface area contributed by atoms with Crippen molar-refractivity contribution in [3.05, 3.63) is 110 Å². The first-order chi connectivity index (χ1) is 17.0. The number of carbonyl (C=O) groups is 1. The van der Waals surface area contributed by atoms with Gasteiger partial charge in [0.2, 0.25) is 0 Å². The van der Waals surface area contributed by atoms with Crippen LogP contribution in [0.2, 0.25) is 5.02 Å². The first-order valence-electron chi connectivity index (χ1n) is 11.1. The Kier molecular flexibility index (Phi) is 5.93. The quantitative estimate of drug-likeness (QED) is 0.329. The summed E-state index contributed by atoms with van der Waals surface area (Å²) in [5.74, 6) is -0.461. The van der Waals surface area contributed by atoms with Gasteiger partial charge >= 0.3 is 5.76 Å². The van der Waals surface area contributed by atoms with Gasteiger partial charge in [0.15, 0.2) is 11.6 Å². The van der Waals surface area contributed by atoms with Crippen LogP contribution in [0.3, 0.4) is 0 Å². The van der Waals surface area contributed by atoms with E-state index in [1.807, 2.05) is 42.5 Å². The van der Waals surface area contributed by atoms with Crippen molar-refractivity contribution in [2.75, 3.05) is 0 Å². The number of rotatable bonds is 6. The van der Waals surface area contributed by atoms with Crippen molar-refractivity contribution in [1.29, 1.82) is 0 Å². The lowest BCUT2D eigenvalue weighted by Gasteiger charge is -2.19. The van der Waals surface area contributed by atoms with Gasteiger partial charge in [-0.05, 0) is 34.7 Å². The Balaban J connectivity index is 1.72. The molecule has 7 nitrogen and oxygen atoms in total. The van der Waals surface area contributed by atoms with Crippen molar-refractivity contribution in [2.24, 2.45) is 0 Å². The number of Topliss-reactive ketones (excluding diaryl/α,β-unsaturated/α-hetero) is 1. The van der Waals surface area contributed by atoms with Crippen molar-refractivity contribution in [2.45, 2.75) is 19.9 Å². The van der Waals surface area contributed by atoms with Crippen molar-refractivity contribution in [3.63, 3.8) is 0 Å². The molecule has 0 bridgehead atoms. The van der Waals surface area contributed by atoms with Gasteiger partial charge in [-0.15, -0.1) is 0 Å². The Morgan fingerprint density at radius 3 is 2.37 bits per heavy atom. The maximum atomic E-state index is 13.7. The lowest BCUT2D eigenvalue weighted by atomic mass is 9.94. The molecule has 0 unspecified atom stereocenters. The molecule has 0 saturated heterocycles. The number of halogens is 1. The van der Waals surface area contributed by atoms with Gasteiger partial charge in [-0.2, -0.15) is 0 Å². The molecule has 0 amide bonds. The van der Waals surface area contributed by atoms with E-state index >= 15 is 0 Å². The highest BCUT2D eigenvalue weighted by Crippen LogP contribution is 2.33. The Labute approximate surface area is 204 Å². The summed E-state index contributed by atoms with van der Waals surface area (Å²) in [5.41, 5.74) is 3.07. The fourth-order valence-electron chi connectivity index (χ4n) is 4.23. The molecule has 35 heavy (non-hydrogen) atoms. The number of aromatic amines is 1. The zero-order valence-electron chi connectivity index (χ0n) is 18.7. The molecule has 5 aromatic rings. The predicted octanol–water partition coefficient (Wildman–Crippen LogP) is 5.31. The highest BCUT2D eigenvalue weighted by atomic mass is 35.5. The summed E-state index contributed by atoms with van der Waals surface area (Å²) in [7, 11) is 0. The number of benzene rings is 3. The summed E-state index contributed by atoms with van der Waals surface area (Å²) in [6, 6.07) is 21.9. The van der Waals surface area contributed by atoms with E-state index in [1.165, 1.54) is 4.57 Å². The SMILES string of the molecule is CCC(=O)c1c(-c2ccccc2)c2cc(Cl)ccc2c(=O)n1Cc1ccc(-c2noc(=O)[nH]2)cc1. The summed E-state index contributed by atoms with van der Waals surface area (Å²) in [6.07, 6.45) is 0.240. The van der Waals surface area contributed by atoms with E-state index in [4.69, 9.17) is 11.6 Å². The third kappa shape index (κ3) is 4.22. The lowest BCUT2D eigenvalue weighted by molar-refractivity contribution is 0.0979. The number of ketones is 1. The molecule has 0 radical (unpaired) electrons. The van der Waals surface area contributed by atoms with E-state index in [9.17, 15) is 14.4 Å². The van der Waals surface area contributed by atoms with Crippen molar-refractivity contribution < 1.29 is 9.32 Å². The molecule has 0 saturated carbocycles. The number of hydrogen-bond donors (Lipinski definition) is 1. The van der Waals surface area contributed by atoms with Crippen LogP contribution in [0.4, 0.5) is 0 Å². The van der Waals surface area contributed by atoms with Gasteiger partial charge in [0.1, 0.15) is 0 Å². The molecular formula is C27H20ClN3O4. The van der Waals surface area contributed by atoms with Gasteiger partial charge in [-0.25, -0.2) is 4.79 Å². The maximum absolute atomic E-state index is 13.7. The van der Waals surface area contributed by atoms with E-state index in [2.05, 4.69) is 14.7 Å². The molecule has 174 valence electrons. The largest absolute Gasteiger partial charge is 0.439 e. The average Bonchev–Trinajstić information content (AvgIpc) is 3.32. The van der Waals surface area contributed by atoms with Gasteiger partial charge < -0.3 is 0 Å². The number of hydrogen-bond acceptors (Lipinski definition) is 5. The van der Waals surface area contributed by atoms with E-state index in [0.29, 0.717) is 38.4 Å². The molecule has 0 atom stereocenters. The number of pyridine rings is 1. The second-order valence-corrected chi connectivity index (χ2v) is 8.52. The van der Waals surface area contributed by atoms with Gasteiger partial charge in [-0.3, -0.25) is 23.7 Å². The van der Waals surface area contributed by atoms with Crippen LogP contribution >= 0.6 is 11.6 Å². The topological polar surface area (TPSA) is 98.0 Å². The predicted molar refractivity (Wildman–Crippen MR) is 135 cm³/mol. The minimum absolute atomic E-state index is 0.139. The fourth-order valence-corrected chi connectivity index (χ4v) is 4.40. The third-order valence-electron chi connectivity index (χ3n) is 5.89. The van der Waals surface area contributed by atoms with Crippen LogP contribution in [0.1, 0.15) is 29.4 Å². The van der Waals surface area contributed by atoms with Crippen LogP contribution in [0.25, 0.3) is 33.3 Å². The molecule has 3 aromatic carbocycles. The second kappa shape index (κ2) is 9.19. The molecule has 0 spiro atoms. The molecule has 1 N–H and O–H groups in total. The van der Waals surface area contributed by atoms with Crippen molar-refractivity contribution in [3.8, 4) is 22.5 Å². The fraction of sp³-hybridized carbons (Fsp3) is 0.111. The number of H-pyrrole nitrogens is 1. The van der Waals surface area contributed by atoms with E-state index in [-0.39, 0.29) is 24.3 Å². The summed E-state index contributed by atoms with van der Waals surface area (Å²) in [5, 5.41) is 5.31. The molecular weight excluding hydrogens is 466 g/mol. The van der Waals surface area contributed by atoms with Crippen molar-refractivity contribution in [1.82, 2.24) is 14.7 Å². The Bertz CT molecular complexity index is 1670. The molecule has 0 aliphatic rings. The maximum Gasteiger partial charge on any atom is 0.439 e. The first kappa shape index (κ1) is 22.6. The number of nitrogens with one attached hydrogen (secondary N) is 1. The standard InChI is InChI=1S/C27H20ClN3O4/c1-2-22(32)24-23(17-6-4-3-5-7-17)21-14-19(28)12-13-20(21)26(33)31(24)15-16-8-10-18(11-9-16)25-29-27(34)35-30-25/h3-14H,2,15H2,1H3,(H,29,30,34). The van der Waals surface area contributed by atoms with Crippen LogP contribution in [0.5, 0.6) is 0 Å². The highest BCUT2D eigenvalue weighted by molar-refractivity contribution is 6.31. The minimum atomic E-state index is -0.636. The van der Waals surface area contributed by atoms with Gasteiger partial charge in [-0.1, -0.05) is 78.3 Å². The van der Waals surface area contributed by atoms with Crippen LogP contribution in [0, 0.1) is 0 Å². The van der Waals surface area contributed by atoms with Gasteiger partial charge in [0, 0.05) is 28.0 Å². The number of nitrogens with zero attached hydrogens (tertiary/aromatic N) is 2. The zero-order valence-corrected chi connectivity index (χ0v) is 19.5. The Morgan fingerprint density at radius 1 is 0.971 bits per heavy atom. The van der Waals surface area contributed by atoms with Crippen LogP contribution < -0.4 is 11.3 Å². The molecule has 5 rings (SSSR count). The summed E-state index contributed by atoms with van der Waals surface area (Å²) in [4.78, 5) is 40.7. The van der Waals surface area contributed by atoms with Gasteiger partial charge in [0.05, 0.1) is 12.2 Å². The highest BCUT2D eigenvalue weighted by Gasteiger charge is 2.23. The van der Waals surface area contributed by atoms with E-state index in [1.54, 1.807) is 37.3 Å². The van der Waals surface area contributed by atoms with Crippen LogP contribution in [-0.4, -0.2) is 20.5 Å². The first-order valence-corrected chi connectivity index (χ1v) is 11.4.